The average Bonchev–Trinajstić information content (AvgIpc) is 3.65. The van der Waals surface area contributed by atoms with Gasteiger partial charge < -0.3 is 42.3 Å². The van der Waals surface area contributed by atoms with E-state index >= 15 is 0 Å². The van der Waals surface area contributed by atoms with Crippen molar-refractivity contribution in [2.75, 3.05) is 34.5 Å². The maximum absolute atomic E-state index is 6.84. The van der Waals surface area contributed by atoms with Crippen LogP contribution in [0, 0.1) is 0 Å². The van der Waals surface area contributed by atoms with Gasteiger partial charge in [-0.25, -0.2) is 0 Å². The first-order valence-corrected chi connectivity index (χ1v) is 17.0. The Morgan fingerprint density at radius 2 is 1.16 bits per heavy atom. The van der Waals surface area contributed by atoms with Gasteiger partial charge in [0.15, 0.2) is 0 Å². The Kier molecular flexibility index (Phi) is 13.0. The first-order valence-electron chi connectivity index (χ1n) is 17.0. The highest BCUT2D eigenvalue weighted by molar-refractivity contribution is 5.21. The number of benzene rings is 3. The summed E-state index contributed by atoms with van der Waals surface area (Å²) in [4.78, 5) is 0. The molecule has 3 heterocycles. The molecule has 262 valence electrons. The first kappa shape index (κ1) is 35.4. The first-order chi connectivity index (χ1) is 24.1. The van der Waals surface area contributed by atoms with E-state index in [2.05, 4.69) is 36.4 Å². The molecule has 0 spiro atoms. The second-order valence-electron chi connectivity index (χ2n) is 12.6. The van der Waals surface area contributed by atoms with E-state index in [9.17, 15) is 0 Å². The summed E-state index contributed by atoms with van der Waals surface area (Å²) in [5.41, 5.74) is 4.18. The zero-order valence-corrected chi connectivity index (χ0v) is 28.6. The topological polar surface area (TPSA) is 87.0 Å². The van der Waals surface area contributed by atoms with Gasteiger partial charge in [-0.05, 0) is 22.8 Å². The third kappa shape index (κ3) is 9.45. The second kappa shape index (κ2) is 18.0. The molecule has 0 saturated carbocycles. The molecule has 0 radical (unpaired) electrons. The molecule has 0 aliphatic carbocycles. The van der Waals surface area contributed by atoms with Crippen molar-refractivity contribution in [3.8, 4) is 0 Å². The van der Waals surface area contributed by atoms with Gasteiger partial charge in [-0.15, -0.1) is 0 Å². The van der Waals surface area contributed by atoms with E-state index in [1.165, 1.54) is 0 Å². The van der Waals surface area contributed by atoms with E-state index in [1.54, 1.807) is 27.6 Å². The summed E-state index contributed by atoms with van der Waals surface area (Å²) < 4.78 is 56.0. The molecule has 0 amide bonds. The molecule has 9 nitrogen and oxygen atoms in total. The van der Waals surface area contributed by atoms with Crippen LogP contribution in [-0.2, 0) is 57.7 Å². The standard InChI is InChI=1S/C40H48O9/c1-41-26-37-39(43-3)35(42-2)21-34(49-37)33-19-31(25-46-33)32-20-36(45-23-29-15-9-5-10-16-29)40(47-24-30-17-11-6-12-18-30)38(48-32)27-44-22-28-13-7-4-8-14-28/h4-19,25,32,34-40H,20-24,26-27H2,1-3H3/t32-,34-,35-,36-,37-,38-,39+,40+/m1/s1. The van der Waals surface area contributed by atoms with Crippen LogP contribution < -0.4 is 0 Å². The third-order valence-corrected chi connectivity index (χ3v) is 9.26. The highest BCUT2D eigenvalue weighted by Gasteiger charge is 2.43. The molecule has 0 bridgehead atoms. The molecule has 3 aromatic carbocycles. The molecule has 49 heavy (non-hydrogen) atoms. The highest BCUT2D eigenvalue weighted by Crippen LogP contribution is 2.40. The summed E-state index contributed by atoms with van der Waals surface area (Å²) in [6.45, 7) is 2.06. The van der Waals surface area contributed by atoms with Gasteiger partial charge in [0.2, 0.25) is 0 Å². The SMILES string of the molecule is COC[C@H]1O[C@@H](c2cc([C@H]3C[C@@H](OCc4ccccc4)[C@H](OCc4ccccc4)[C@@H](COCc4ccccc4)O3)co2)C[C@@H](OC)[C@@H]1OC. The lowest BCUT2D eigenvalue weighted by Crippen LogP contribution is -2.50. The Balaban J connectivity index is 1.23. The zero-order valence-electron chi connectivity index (χ0n) is 28.6. The van der Waals surface area contributed by atoms with Gasteiger partial charge in [0.05, 0.1) is 57.6 Å². The fourth-order valence-electron chi connectivity index (χ4n) is 6.72. The predicted octanol–water partition coefficient (Wildman–Crippen LogP) is 7.00. The van der Waals surface area contributed by atoms with Gasteiger partial charge in [-0.3, -0.25) is 0 Å². The van der Waals surface area contributed by atoms with Crippen LogP contribution in [-0.4, -0.2) is 71.2 Å². The van der Waals surface area contributed by atoms with Gasteiger partial charge in [0.1, 0.15) is 36.3 Å². The number of hydrogen-bond donors (Lipinski definition) is 0. The lowest BCUT2D eigenvalue weighted by molar-refractivity contribution is -0.222. The molecule has 2 saturated heterocycles. The largest absolute Gasteiger partial charge is 0.466 e. The molecule has 2 aliphatic rings. The van der Waals surface area contributed by atoms with Gasteiger partial charge in [0, 0.05) is 39.7 Å². The molecule has 2 aliphatic heterocycles. The predicted molar refractivity (Wildman–Crippen MR) is 183 cm³/mol. The van der Waals surface area contributed by atoms with Crippen LogP contribution in [0.3, 0.4) is 0 Å². The third-order valence-electron chi connectivity index (χ3n) is 9.26. The minimum Gasteiger partial charge on any atom is -0.466 e. The molecule has 2 fully saturated rings. The number of methoxy groups -OCH3 is 3. The minimum absolute atomic E-state index is 0.173. The van der Waals surface area contributed by atoms with E-state index in [1.807, 2.05) is 60.7 Å². The summed E-state index contributed by atoms with van der Waals surface area (Å²) in [5, 5.41) is 0. The highest BCUT2D eigenvalue weighted by atomic mass is 16.6. The molecule has 1 aromatic heterocycles. The van der Waals surface area contributed by atoms with Gasteiger partial charge in [-0.2, -0.15) is 0 Å². The lowest BCUT2D eigenvalue weighted by atomic mass is 9.93. The summed E-state index contributed by atoms with van der Waals surface area (Å²) in [6.07, 6.45) is 0.514. The van der Waals surface area contributed by atoms with Crippen molar-refractivity contribution in [3.05, 3.63) is 131 Å². The summed E-state index contributed by atoms with van der Waals surface area (Å²) in [6, 6.07) is 32.5. The van der Waals surface area contributed by atoms with Gasteiger partial charge in [-0.1, -0.05) is 91.0 Å². The van der Waals surface area contributed by atoms with Crippen LogP contribution >= 0.6 is 0 Å². The normalized spacial score (nSPS) is 27.2. The Labute approximate surface area is 289 Å². The fourth-order valence-corrected chi connectivity index (χ4v) is 6.72. The van der Waals surface area contributed by atoms with Crippen LogP contribution in [0.15, 0.2) is 108 Å². The maximum atomic E-state index is 6.84. The summed E-state index contributed by atoms with van der Waals surface area (Å²) in [7, 11) is 5.01. The number of rotatable bonds is 16. The number of hydrogen-bond acceptors (Lipinski definition) is 9. The Morgan fingerprint density at radius 3 is 1.78 bits per heavy atom. The van der Waals surface area contributed by atoms with Gasteiger partial charge >= 0.3 is 0 Å². The lowest BCUT2D eigenvalue weighted by Gasteiger charge is -2.41. The van der Waals surface area contributed by atoms with Crippen LogP contribution in [0.1, 0.15) is 53.1 Å². The molecule has 0 N–H and O–H groups in total. The summed E-state index contributed by atoms with van der Waals surface area (Å²) >= 11 is 0. The maximum Gasteiger partial charge on any atom is 0.133 e. The molecular formula is C40H48O9. The summed E-state index contributed by atoms with van der Waals surface area (Å²) in [5.74, 6) is 0.706. The van der Waals surface area contributed by atoms with Crippen LogP contribution in [0.2, 0.25) is 0 Å². The van der Waals surface area contributed by atoms with Crippen LogP contribution in [0.4, 0.5) is 0 Å². The number of ether oxygens (including phenoxy) is 8. The van der Waals surface area contributed by atoms with Crippen LogP contribution in [0.5, 0.6) is 0 Å². The quantitative estimate of drug-likeness (QED) is 0.125. The number of furan rings is 1. The molecular weight excluding hydrogens is 624 g/mol. The van der Waals surface area contributed by atoms with Crippen molar-refractivity contribution in [1.29, 1.82) is 0 Å². The van der Waals surface area contributed by atoms with Crippen molar-refractivity contribution in [3.63, 3.8) is 0 Å². The van der Waals surface area contributed by atoms with E-state index < -0.39 is 6.10 Å². The van der Waals surface area contributed by atoms with Crippen LogP contribution in [0.25, 0.3) is 0 Å². The van der Waals surface area contributed by atoms with E-state index in [-0.39, 0.29) is 42.7 Å². The zero-order chi connectivity index (χ0) is 33.8. The van der Waals surface area contributed by atoms with E-state index in [4.69, 9.17) is 42.3 Å². The van der Waals surface area contributed by atoms with Crippen molar-refractivity contribution in [2.24, 2.45) is 0 Å². The van der Waals surface area contributed by atoms with Crippen molar-refractivity contribution in [1.82, 2.24) is 0 Å². The second-order valence-corrected chi connectivity index (χ2v) is 12.6. The molecule has 4 aromatic rings. The van der Waals surface area contributed by atoms with Crippen molar-refractivity contribution < 1.29 is 42.3 Å². The smallest absolute Gasteiger partial charge is 0.133 e. The minimum atomic E-state index is -0.400. The Hall–Kier alpha value is -3.38. The molecule has 6 rings (SSSR count). The average molecular weight is 673 g/mol. The van der Waals surface area contributed by atoms with Crippen molar-refractivity contribution >= 4 is 0 Å². The Morgan fingerprint density at radius 1 is 0.592 bits per heavy atom. The van der Waals surface area contributed by atoms with Crippen molar-refractivity contribution in [2.45, 2.75) is 81.5 Å². The fraction of sp³-hybridized carbons (Fsp3) is 0.450. The molecule has 8 atom stereocenters. The Bertz CT molecular complexity index is 1500. The van der Waals surface area contributed by atoms with E-state index in [0.29, 0.717) is 51.6 Å². The molecule has 0 unspecified atom stereocenters. The monoisotopic (exact) mass is 672 g/mol. The van der Waals surface area contributed by atoms with Gasteiger partial charge in [0.25, 0.3) is 0 Å². The molecule has 9 heteroatoms. The van der Waals surface area contributed by atoms with E-state index in [0.717, 1.165) is 22.3 Å².